The molecule has 0 aliphatic heterocycles. The fourth-order valence-electron chi connectivity index (χ4n) is 2.37. The molecule has 1 aromatic carbocycles. The number of esters is 1. The van der Waals surface area contributed by atoms with E-state index in [2.05, 4.69) is 12.2 Å². The summed E-state index contributed by atoms with van der Waals surface area (Å²) in [6.07, 6.45) is 4.41. The summed E-state index contributed by atoms with van der Waals surface area (Å²) in [7, 11) is 1.24. The van der Waals surface area contributed by atoms with E-state index in [1.54, 1.807) is 24.3 Å². The number of aliphatic hydroxyl groups is 1. The van der Waals surface area contributed by atoms with Gasteiger partial charge in [0.2, 0.25) is 5.91 Å². The number of carbonyl (C=O) groups is 2. The second-order valence-electron chi connectivity index (χ2n) is 5.59. The number of carbonyl (C=O) groups excluding carboxylic acids is 2. The number of methoxy groups -OCH3 is 1. The average Bonchev–Trinajstić information content (AvgIpc) is 2.59. The van der Waals surface area contributed by atoms with E-state index in [4.69, 9.17) is 4.74 Å². The molecule has 5 nitrogen and oxygen atoms in total. The zero-order valence-corrected chi connectivity index (χ0v) is 14.0. The summed E-state index contributed by atoms with van der Waals surface area (Å²) in [6.45, 7) is 2.14. The molecular formula is C18H27NO4. The van der Waals surface area contributed by atoms with Crippen molar-refractivity contribution in [1.82, 2.24) is 5.32 Å². The maximum Gasteiger partial charge on any atom is 0.331 e. The second-order valence-corrected chi connectivity index (χ2v) is 5.59. The lowest BCUT2D eigenvalue weighted by Crippen LogP contribution is -2.45. The molecule has 0 saturated heterocycles. The van der Waals surface area contributed by atoms with Crippen LogP contribution in [-0.2, 0) is 14.3 Å². The minimum Gasteiger partial charge on any atom is -0.467 e. The number of amides is 1. The van der Waals surface area contributed by atoms with E-state index >= 15 is 0 Å². The van der Waals surface area contributed by atoms with Crippen LogP contribution in [0.2, 0.25) is 0 Å². The van der Waals surface area contributed by atoms with Crippen LogP contribution in [0.3, 0.4) is 0 Å². The van der Waals surface area contributed by atoms with Crippen molar-refractivity contribution in [2.24, 2.45) is 0 Å². The van der Waals surface area contributed by atoms with Gasteiger partial charge in [-0.2, -0.15) is 0 Å². The van der Waals surface area contributed by atoms with Crippen LogP contribution in [0, 0.1) is 0 Å². The van der Waals surface area contributed by atoms with Gasteiger partial charge >= 0.3 is 5.97 Å². The van der Waals surface area contributed by atoms with Crippen molar-refractivity contribution in [1.29, 1.82) is 0 Å². The molecule has 23 heavy (non-hydrogen) atoms. The highest BCUT2D eigenvalue weighted by molar-refractivity contribution is 5.85. The van der Waals surface area contributed by atoms with Crippen LogP contribution in [0.15, 0.2) is 30.3 Å². The van der Waals surface area contributed by atoms with Gasteiger partial charge in [-0.25, -0.2) is 4.79 Å². The molecule has 0 bridgehead atoms. The van der Waals surface area contributed by atoms with Gasteiger partial charge in [0.1, 0.15) is 6.10 Å². The number of rotatable bonds is 10. The van der Waals surface area contributed by atoms with Gasteiger partial charge in [0.25, 0.3) is 0 Å². The Bertz CT molecular complexity index is 475. The Morgan fingerprint density at radius 2 is 1.78 bits per heavy atom. The quantitative estimate of drug-likeness (QED) is 0.513. The molecule has 1 amide bonds. The van der Waals surface area contributed by atoms with Crippen LogP contribution in [-0.4, -0.2) is 30.1 Å². The number of nitrogens with one attached hydrogen (secondary N) is 1. The molecule has 5 heteroatoms. The molecule has 0 unspecified atom stereocenters. The third-order valence-electron chi connectivity index (χ3n) is 3.74. The van der Waals surface area contributed by atoms with Crippen LogP contribution in [0.1, 0.15) is 57.1 Å². The lowest BCUT2D eigenvalue weighted by atomic mass is 10.0. The molecule has 2 atom stereocenters. The topological polar surface area (TPSA) is 75.6 Å². The van der Waals surface area contributed by atoms with E-state index in [-0.39, 0.29) is 5.91 Å². The van der Waals surface area contributed by atoms with Crippen molar-refractivity contribution in [3.63, 3.8) is 0 Å². The first-order chi connectivity index (χ1) is 11.1. The summed E-state index contributed by atoms with van der Waals surface area (Å²) < 4.78 is 4.70. The van der Waals surface area contributed by atoms with E-state index in [0.717, 1.165) is 25.7 Å². The fourth-order valence-corrected chi connectivity index (χ4v) is 2.37. The van der Waals surface area contributed by atoms with E-state index in [9.17, 15) is 14.7 Å². The Hall–Kier alpha value is -1.88. The van der Waals surface area contributed by atoms with Gasteiger partial charge in [-0.1, -0.05) is 62.9 Å². The van der Waals surface area contributed by atoms with Gasteiger partial charge in [-0.3, -0.25) is 4.79 Å². The Balaban J connectivity index is 2.58. The van der Waals surface area contributed by atoms with E-state index in [1.165, 1.54) is 13.5 Å². The standard InChI is InChI=1S/C18H27NO4/c1-3-4-5-6-10-13-15(20)19-16(18(22)23-2)17(21)14-11-8-7-9-12-14/h7-9,11-12,16-17,21H,3-6,10,13H2,1-2H3,(H,19,20)/t16-,17+/m0/s1. The van der Waals surface area contributed by atoms with Crippen LogP contribution < -0.4 is 5.32 Å². The minimum atomic E-state index is -1.13. The molecule has 1 aromatic rings. The first-order valence-corrected chi connectivity index (χ1v) is 8.20. The minimum absolute atomic E-state index is 0.244. The van der Waals surface area contributed by atoms with Gasteiger partial charge in [0.05, 0.1) is 7.11 Å². The molecule has 0 fully saturated rings. The molecular weight excluding hydrogens is 294 g/mol. The third-order valence-corrected chi connectivity index (χ3v) is 3.74. The molecule has 0 saturated carbocycles. The van der Waals surface area contributed by atoms with Crippen LogP contribution in [0.25, 0.3) is 0 Å². The molecule has 0 aromatic heterocycles. The van der Waals surface area contributed by atoms with Crippen molar-refractivity contribution in [3.05, 3.63) is 35.9 Å². The number of hydrogen-bond donors (Lipinski definition) is 2. The molecule has 0 spiro atoms. The summed E-state index contributed by atoms with van der Waals surface area (Å²) in [5.74, 6) is -0.896. The first kappa shape index (κ1) is 19.2. The van der Waals surface area contributed by atoms with Gasteiger partial charge in [-0.15, -0.1) is 0 Å². The van der Waals surface area contributed by atoms with Gasteiger partial charge in [-0.05, 0) is 12.0 Å². The van der Waals surface area contributed by atoms with Crippen molar-refractivity contribution in [3.8, 4) is 0 Å². The molecule has 0 aliphatic rings. The van der Waals surface area contributed by atoms with E-state index < -0.39 is 18.1 Å². The molecule has 0 aliphatic carbocycles. The van der Waals surface area contributed by atoms with Crippen LogP contribution in [0.5, 0.6) is 0 Å². The Morgan fingerprint density at radius 1 is 1.13 bits per heavy atom. The molecule has 0 radical (unpaired) electrons. The Morgan fingerprint density at radius 3 is 2.39 bits per heavy atom. The number of hydrogen-bond acceptors (Lipinski definition) is 4. The summed E-state index contributed by atoms with van der Waals surface area (Å²) in [6, 6.07) is 7.67. The zero-order valence-electron chi connectivity index (χ0n) is 14.0. The SMILES string of the molecule is CCCCCCCC(=O)N[C@H](C(=O)OC)[C@H](O)c1ccccc1. The highest BCUT2D eigenvalue weighted by Gasteiger charge is 2.30. The largest absolute Gasteiger partial charge is 0.467 e. The maximum absolute atomic E-state index is 12.0. The first-order valence-electron chi connectivity index (χ1n) is 8.20. The monoisotopic (exact) mass is 321 g/mol. The van der Waals surface area contributed by atoms with E-state index in [1.807, 2.05) is 6.07 Å². The molecule has 0 heterocycles. The number of benzene rings is 1. The number of ether oxygens (including phenoxy) is 1. The third kappa shape index (κ3) is 6.82. The Labute approximate surface area is 138 Å². The van der Waals surface area contributed by atoms with Crippen molar-refractivity contribution < 1.29 is 19.4 Å². The maximum atomic E-state index is 12.0. The normalized spacial score (nSPS) is 13.2. The summed E-state index contributed by atoms with van der Waals surface area (Å²) in [5, 5.41) is 13.0. The van der Waals surface area contributed by atoms with Crippen molar-refractivity contribution >= 4 is 11.9 Å². The highest BCUT2D eigenvalue weighted by Crippen LogP contribution is 2.18. The number of aliphatic hydroxyl groups excluding tert-OH is 1. The van der Waals surface area contributed by atoms with Crippen molar-refractivity contribution in [2.45, 2.75) is 57.6 Å². The van der Waals surface area contributed by atoms with Crippen LogP contribution in [0.4, 0.5) is 0 Å². The lowest BCUT2D eigenvalue weighted by molar-refractivity contribution is -0.148. The molecule has 2 N–H and O–H groups in total. The zero-order chi connectivity index (χ0) is 17.1. The van der Waals surface area contributed by atoms with Crippen LogP contribution >= 0.6 is 0 Å². The fraction of sp³-hybridized carbons (Fsp3) is 0.556. The molecule has 128 valence electrons. The van der Waals surface area contributed by atoms with E-state index in [0.29, 0.717) is 12.0 Å². The van der Waals surface area contributed by atoms with Gasteiger partial charge in [0.15, 0.2) is 6.04 Å². The summed E-state index contributed by atoms with van der Waals surface area (Å²) in [5.41, 5.74) is 0.561. The molecule has 1 rings (SSSR count). The summed E-state index contributed by atoms with van der Waals surface area (Å²) in [4.78, 5) is 23.9. The van der Waals surface area contributed by atoms with Gasteiger partial charge in [0, 0.05) is 6.42 Å². The Kier molecular flexibility index (Phi) is 8.98. The predicted molar refractivity (Wildman–Crippen MR) is 88.7 cm³/mol. The summed E-state index contributed by atoms with van der Waals surface area (Å²) >= 11 is 0. The highest BCUT2D eigenvalue weighted by atomic mass is 16.5. The van der Waals surface area contributed by atoms with Crippen molar-refractivity contribution in [2.75, 3.05) is 7.11 Å². The lowest BCUT2D eigenvalue weighted by Gasteiger charge is -2.22. The number of unbranched alkanes of at least 4 members (excludes halogenated alkanes) is 4. The second kappa shape index (κ2) is 10.8. The average molecular weight is 321 g/mol. The predicted octanol–water partition coefficient (Wildman–Crippen LogP) is 2.74. The van der Waals surface area contributed by atoms with Gasteiger partial charge < -0.3 is 15.2 Å². The smallest absolute Gasteiger partial charge is 0.331 e.